The number of nitrogens with zero attached hydrogens (tertiary/aromatic N) is 1. The van der Waals surface area contributed by atoms with E-state index in [0.717, 1.165) is 15.0 Å². The van der Waals surface area contributed by atoms with Gasteiger partial charge in [-0.1, -0.05) is 47.7 Å². The van der Waals surface area contributed by atoms with Gasteiger partial charge in [0.1, 0.15) is 0 Å². The molecule has 1 aromatic heterocycles. The zero-order valence-electron chi connectivity index (χ0n) is 12.2. The molecule has 2 nitrogen and oxygen atoms in total. The van der Waals surface area contributed by atoms with Crippen LogP contribution < -0.4 is 57.1 Å². The molecule has 0 aliphatic carbocycles. The summed E-state index contributed by atoms with van der Waals surface area (Å²) in [7, 11) is 0. The molecule has 0 saturated carbocycles. The van der Waals surface area contributed by atoms with Crippen LogP contribution in [-0.2, 0) is 12.6 Å². The monoisotopic (exact) mass is 404 g/mol. The summed E-state index contributed by atoms with van der Waals surface area (Å²) in [6.45, 7) is 2.12. The van der Waals surface area contributed by atoms with Crippen molar-refractivity contribution < 1.29 is 51.4 Å². The SMILES string of the molecule is C[S-].Cc1ccc(-c2nc(N)sc2Br)c2ccccc12.[K+]. The average molecular weight is 405 g/mol. The quantitative estimate of drug-likeness (QED) is 0.496. The van der Waals surface area contributed by atoms with E-state index in [1.165, 1.54) is 27.7 Å². The number of hydrogen-bond donors (Lipinski definition) is 1. The van der Waals surface area contributed by atoms with Crippen LogP contribution in [0.2, 0.25) is 0 Å². The molecule has 0 radical (unpaired) electrons. The first kappa shape index (κ1) is 19.6. The van der Waals surface area contributed by atoms with Crippen LogP contribution in [0, 0.1) is 6.92 Å². The third-order valence-electron chi connectivity index (χ3n) is 3.00. The fourth-order valence-corrected chi connectivity index (χ4v) is 3.51. The number of benzene rings is 2. The Kier molecular flexibility index (Phi) is 8.45. The molecular weight excluding hydrogens is 391 g/mol. The normalized spacial score (nSPS) is 9.71. The molecule has 0 unspecified atom stereocenters. The van der Waals surface area contributed by atoms with Gasteiger partial charge >= 0.3 is 51.4 Å². The van der Waals surface area contributed by atoms with Gasteiger partial charge in [0.25, 0.3) is 0 Å². The summed E-state index contributed by atoms with van der Waals surface area (Å²) < 4.78 is 0.981. The Bertz CT molecular complexity index is 744. The summed E-state index contributed by atoms with van der Waals surface area (Å²) in [5.41, 5.74) is 9.09. The number of aryl methyl sites for hydroxylation is 1. The maximum Gasteiger partial charge on any atom is 1.00 e. The Morgan fingerprint density at radius 2 is 1.71 bits per heavy atom. The maximum absolute atomic E-state index is 5.77. The number of fused-ring (bicyclic) bond motifs is 1. The van der Waals surface area contributed by atoms with Crippen molar-refractivity contribution in [2.45, 2.75) is 6.92 Å². The first-order valence-electron chi connectivity index (χ1n) is 5.98. The molecule has 0 amide bonds. The minimum absolute atomic E-state index is 0. The van der Waals surface area contributed by atoms with Crippen LogP contribution in [0.1, 0.15) is 5.56 Å². The summed E-state index contributed by atoms with van der Waals surface area (Å²) in [4.78, 5) is 4.41. The van der Waals surface area contributed by atoms with E-state index in [0.29, 0.717) is 5.13 Å². The molecule has 104 valence electrons. The van der Waals surface area contributed by atoms with Crippen molar-refractivity contribution in [3.05, 3.63) is 45.7 Å². The van der Waals surface area contributed by atoms with Crippen molar-refractivity contribution in [1.82, 2.24) is 4.98 Å². The van der Waals surface area contributed by atoms with E-state index in [9.17, 15) is 0 Å². The van der Waals surface area contributed by atoms with Crippen LogP contribution in [0.15, 0.2) is 40.2 Å². The molecule has 0 saturated heterocycles. The number of halogens is 1. The number of aromatic nitrogens is 1. The van der Waals surface area contributed by atoms with Gasteiger partial charge in [-0.3, -0.25) is 0 Å². The van der Waals surface area contributed by atoms with Crippen molar-refractivity contribution in [2.24, 2.45) is 0 Å². The van der Waals surface area contributed by atoms with Crippen molar-refractivity contribution in [3.8, 4) is 11.3 Å². The molecule has 0 fully saturated rings. The molecule has 0 bridgehead atoms. The molecule has 0 atom stereocenters. The van der Waals surface area contributed by atoms with Gasteiger partial charge in [0, 0.05) is 5.56 Å². The Balaban J connectivity index is 0.000000706. The molecule has 2 N–H and O–H groups in total. The number of nitrogen functional groups attached to an aromatic ring is 1. The van der Waals surface area contributed by atoms with Crippen molar-refractivity contribution in [3.63, 3.8) is 0 Å². The van der Waals surface area contributed by atoms with Crippen LogP contribution in [0.3, 0.4) is 0 Å². The van der Waals surface area contributed by atoms with E-state index in [1.54, 1.807) is 6.26 Å². The van der Waals surface area contributed by atoms with Gasteiger partial charge in [-0.2, -0.15) is 6.26 Å². The second-order valence-corrected chi connectivity index (χ2v) is 6.50. The summed E-state index contributed by atoms with van der Waals surface area (Å²) in [5.74, 6) is 0. The molecule has 6 heteroatoms. The Morgan fingerprint density at radius 3 is 2.29 bits per heavy atom. The van der Waals surface area contributed by atoms with Crippen LogP contribution in [-0.4, -0.2) is 11.2 Å². The van der Waals surface area contributed by atoms with Crippen molar-refractivity contribution in [2.75, 3.05) is 12.0 Å². The fraction of sp³-hybridized carbons (Fsp3) is 0.133. The summed E-state index contributed by atoms with van der Waals surface area (Å²) in [5, 5.41) is 3.05. The third kappa shape index (κ3) is 4.32. The van der Waals surface area contributed by atoms with Crippen LogP contribution >= 0.6 is 27.3 Å². The maximum atomic E-state index is 5.77. The van der Waals surface area contributed by atoms with Gasteiger partial charge in [0.15, 0.2) is 5.13 Å². The van der Waals surface area contributed by atoms with Crippen molar-refractivity contribution >= 4 is 55.8 Å². The van der Waals surface area contributed by atoms with E-state index in [-0.39, 0.29) is 51.4 Å². The van der Waals surface area contributed by atoms with Crippen molar-refractivity contribution in [1.29, 1.82) is 0 Å². The largest absolute Gasteiger partial charge is 1.00 e. The van der Waals surface area contributed by atoms with Gasteiger partial charge < -0.3 is 18.4 Å². The molecule has 2 aromatic carbocycles. The first-order valence-corrected chi connectivity index (χ1v) is 8.41. The van der Waals surface area contributed by atoms with Gasteiger partial charge in [-0.15, -0.1) is 0 Å². The van der Waals surface area contributed by atoms with Gasteiger partial charge in [-0.05, 0) is 39.2 Å². The molecule has 0 spiro atoms. The van der Waals surface area contributed by atoms with Crippen LogP contribution in [0.25, 0.3) is 22.0 Å². The van der Waals surface area contributed by atoms with E-state index in [2.05, 4.69) is 76.9 Å². The predicted molar refractivity (Wildman–Crippen MR) is 95.2 cm³/mol. The second-order valence-electron chi connectivity index (χ2n) is 4.15. The number of hydrogen-bond acceptors (Lipinski definition) is 4. The third-order valence-corrected chi connectivity index (χ3v) is 4.53. The Hall–Kier alpha value is 0.596. The zero-order chi connectivity index (χ0) is 14.7. The minimum atomic E-state index is 0. The fourth-order valence-electron chi connectivity index (χ4n) is 2.14. The van der Waals surface area contributed by atoms with E-state index >= 15 is 0 Å². The second kappa shape index (κ2) is 9.03. The molecule has 3 aromatic rings. The molecular formula is C15H14BrKN2S2. The minimum Gasteiger partial charge on any atom is -0.796 e. The van der Waals surface area contributed by atoms with E-state index < -0.39 is 0 Å². The topological polar surface area (TPSA) is 38.9 Å². The molecule has 3 rings (SSSR count). The number of anilines is 1. The number of nitrogens with two attached hydrogens (primary N) is 1. The predicted octanol–water partition coefficient (Wildman–Crippen LogP) is 1.78. The summed E-state index contributed by atoms with van der Waals surface area (Å²) >= 11 is 9.08. The standard InChI is InChI=1S/C14H11BrN2S.CH4S.K/c1-8-6-7-11(10-5-3-2-4-9(8)10)12-13(15)18-14(16)17-12;1-2;/h2-7H,1H3,(H2,16,17);2H,1H3;/q;;+1/p-1. The first-order chi connectivity index (χ1) is 9.66. The summed E-state index contributed by atoms with van der Waals surface area (Å²) in [6, 6.07) is 12.6. The number of rotatable bonds is 1. The molecule has 0 aliphatic heterocycles. The number of thiazole rings is 1. The van der Waals surface area contributed by atoms with Gasteiger partial charge in [0.05, 0.1) is 9.48 Å². The molecule has 1 heterocycles. The van der Waals surface area contributed by atoms with Gasteiger partial charge in [-0.25, -0.2) is 4.98 Å². The van der Waals surface area contributed by atoms with Crippen LogP contribution in [0.4, 0.5) is 5.13 Å². The van der Waals surface area contributed by atoms with Gasteiger partial charge in [0.2, 0.25) is 0 Å². The van der Waals surface area contributed by atoms with Crippen LogP contribution in [0.5, 0.6) is 0 Å². The average Bonchev–Trinajstić information content (AvgIpc) is 2.81. The molecule has 0 aliphatic rings. The summed E-state index contributed by atoms with van der Waals surface area (Å²) in [6.07, 6.45) is 1.58. The Labute approximate surface area is 185 Å². The molecule has 21 heavy (non-hydrogen) atoms. The Morgan fingerprint density at radius 1 is 1.10 bits per heavy atom. The van der Waals surface area contributed by atoms with E-state index in [4.69, 9.17) is 5.73 Å². The van der Waals surface area contributed by atoms with E-state index in [1.807, 2.05) is 0 Å². The smallest absolute Gasteiger partial charge is 0.796 e. The zero-order valence-corrected chi connectivity index (χ0v) is 18.5.